The summed E-state index contributed by atoms with van der Waals surface area (Å²) in [6.07, 6.45) is 1.75. The van der Waals surface area contributed by atoms with Gasteiger partial charge in [-0.15, -0.1) is 25.3 Å². The molecule has 5 nitrogen and oxygen atoms in total. The zero-order valence-corrected chi connectivity index (χ0v) is 15.6. The number of piperidine rings is 1. The number of hydrogen-bond donors (Lipinski definition) is 2. The van der Waals surface area contributed by atoms with Crippen molar-refractivity contribution in [3.05, 3.63) is 0 Å². The molecule has 1 fully saturated rings. The summed E-state index contributed by atoms with van der Waals surface area (Å²) in [5, 5.41) is 0. The molecule has 0 N–H and O–H groups in total. The number of esters is 2. The third kappa shape index (κ3) is 5.35. The smallest absolute Gasteiger partial charge is 0.305 e. The van der Waals surface area contributed by atoms with E-state index in [9.17, 15) is 9.59 Å². The topological polar surface area (TPSA) is 55.8 Å². The van der Waals surface area contributed by atoms with E-state index in [4.69, 9.17) is 9.47 Å². The van der Waals surface area contributed by atoms with Crippen LogP contribution in [0.15, 0.2) is 0 Å². The molecular formula is C15H27NO4S2. The van der Waals surface area contributed by atoms with E-state index in [-0.39, 0.29) is 23.6 Å². The van der Waals surface area contributed by atoms with Crippen molar-refractivity contribution >= 4 is 37.2 Å². The summed E-state index contributed by atoms with van der Waals surface area (Å²) in [5.74, 6) is -0.419. The number of carbonyl (C=O) groups is 2. The molecule has 1 saturated heterocycles. The SMILES string of the molecule is CCC(=O)OCCN1C(C)(C)CC(OC(=O)CC)CC1(S)S. The van der Waals surface area contributed by atoms with Gasteiger partial charge < -0.3 is 9.47 Å². The first kappa shape index (κ1) is 19.6. The van der Waals surface area contributed by atoms with Crippen molar-refractivity contribution in [1.82, 2.24) is 4.90 Å². The van der Waals surface area contributed by atoms with Crippen molar-refractivity contribution in [2.75, 3.05) is 13.2 Å². The van der Waals surface area contributed by atoms with Gasteiger partial charge in [-0.2, -0.15) is 0 Å². The van der Waals surface area contributed by atoms with Gasteiger partial charge in [-0.05, 0) is 13.8 Å². The Morgan fingerprint density at radius 3 is 2.23 bits per heavy atom. The lowest BCUT2D eigenvalue weighted by atomic mass is 9.88. The Kier molecular flexibility index (Phi) is 7.08. The molecule has 1 heterocycles. The average Bonchev–Trinajstić information content (AvgIpc) is 2.40. The lowest BCUT2D eigenvalue weighted by Crippen LogP contribution is -2.61. The highest BCUT2D eigenvalue weighted by Gasteiger charge is 2.47. The normalized spacial score (nSPS) is 23.8. The lowest BCUT2D eigenvalue weighted by Gasteiger charge is -2.53. The van der Waals surface area contributed by atoms with Crippen molar-refractivity contribution in [2.45, 2.75) is 69.2 Å². The number of nitrogens with zero attached hydrogens (tertiary/aromatic N) is 1. The minimum atomic E-state index is -0.723. The van der Waals surface area contributed by atoms with Gasteiger partial charge in [0, 0.05) is 37.8 Å². The summed E-state index contributed by atoms with van der Waals surface area (Å²) >= 11 is 9.29. The number of carbonyl (C=O) groups excluding carboxylic acids is 2. The van der Waals surface area contributed by atoms with Crippen molar-refractivity contribution in [3.63, 3.8) is 0 Å². The Labute approximate surface area is 143 Å². The van der Waals surface area contributed by atoms with Crippen molar-refractivity contribution in [1.29, 1.82) is 0 Å². The minimum absolute atomic E-state index is 0.202. The molecular weight excluding hydrogens is 322 g/mol. The van der Waals surface area contributed by atoms with Gasteiger partial charge in [0.05, 0.1) is 0 Å². The minimum Gasteiger partial charge on any atom is -0.464 e. The maximum Gasteiger partial charge on any atom is 0.305 e. The largest absolute Gasteiger partial charge is 0.464 e. The first-order valence-electron chi connectivity index (χ1n) is 7.70. The zero-order valence-electron chi connectivity index (χ0n) is 13.8. The van der Waals surface area contributed by atoms with Crippen LogP contribution in [0.5, 0.6) is 0 Å². The number of ether oxygens (including phenoxy) is 2. The van der Waals surface area contributed by atoms with Gasteiger partial charge in [0.15, 0.2) is 0 Å². The lowest BCUT2D eigenvalue weighted by molar-refractivity contribution is -0.156. The average molecular weight is 350 g/mol. The first-order valence-corrected chi connectivity index (χ1v) is 8.59. The predicted octanol–water partition coefficient (Wildman–Crippen LogP) is 2.65. The molecule has 0 radical (unpaired) electrons. The van der Waals surface area contributed by atoms with Crippen LogP contribution in [0.4, 0.5) is 0 Å². The summed E-state index contributed by atoms with van der Waals surface area (Å²) in [4.78, 5) is 24.9. The molecule has 1 unspecified atom stereocenters. The highest BCUT2D eigenvalue weighted by atomic mass is 32.2. The maximum absolute atomic E-state index is 11.5. The molecule has 0 spiro atoms. The van der Waals surface area contributed by atoms with Crippen molar-refractivity contribution in [3.8, 4) is 0 Å². The van der Waals surface area contributed by atoms with Crippen LogP contribution in [0.3, 0.4) is 0 Å². The Morgan fingerprint density at radius 2 is 1.73 bits per heavy atom. The molecule has 1 aliphatic heterocycles. The monoisotopic (exact) mass is 349 g/mol. The number of hydrogen-bond acceptors (Lipinski definition) is 7. The fourth-order valence-corrected chi connectivity index (χ4v) is 3.98. The van der Waals surface area contributed by atoms with Crippen molar-refractivity contribution < 1.29 is 19.1 Å². The molecule has 0 amide bonds. The van der Waals surface area contributed by atoms with E-state index in [1.165, 1.54) is 0 Å². The Morgan fingerprint density at radius 1 is 1.14 bits per heavy atom. The molecule has 128 valence electrons. The highest BCUT2D eigenvalue weighted by molar-refractivity contribution is 8.00. The third-order valence-corrected chi connectivity index (χ3v) is 4.69. The summed E-state index contributed by atoms with van der Waals surface area (Å²) in [6.45, 7) is 8.50. The van der Waals surface area contributed by atoms with Gasteiger partial charge in [-0.25, -0.2) is 0 Å². The van der Waals surface area contributed by atoms with E-state index < -0.39 is 4.20 Å². The van der Waals surface area contributed by atoms with Crippen LogP contribution in [0.25, 0.3) is 0 Å². The number of thiol groups is 2. The molecule has 0 aromatic heterocycles. The molecule has 0 aliphatic carbocycles. The third-order valence-electron chi connectivity index (χ3n) is 3.85. The molecule has 1 aliphatic rings. The summed E-state index contributed by atoms with van der Waals surface area (Å²) in [5.41, 5.74) is -0.265. The van der Waals surface area contributed by atoms with Crippen LogP contribution in [0.1, 0.15) is 53.4 Å². The predicted molar refractivity (Wildman–Crippen MR) is 92.1 cm³/mol. The van der Waals surface area contributed by atoms with E-state index in [2.05, 4.69) is 44.0 Å². The van der Waals surface area contributed by atoms with Gasteiger partial charge in [0.2, 0.25) is 0 Å². The number of rotatable bonds is 6. The molecule has 1 atom stereocenters. The van der Waals surface area contributed by atoms with Crippen LogP contribution < -0.4 is 0 Å². The fraction of sp³-hybridized carbons (Fsp3) is 0.867. The molecule has 22 heavy (non-hydrogen) atoms. The van der Waals surface area contributed by atoms with Crippen LogP contribution in [-0.4, -0.2) is 45.8 Å². The Bertz CT molecular complexity index is 394. The summed E-state index contributed by atoms with van der Waals surface area (Å²) in [7, 11) is 0. The van der Waals surface area contributed by atoms with E-state index in [1.54, 1.807) is 13.8 Å². The van der Waals surface area contributed by atoms with E-state index >= 15 is 0 Å². The van der Waals surface area contributed by atoms with Crippen molar-refractivity contribution in [2.24, 2.45) is 0 Å². The van der Waals surface area contributed by atoms with Crippen LogP contribution in [-0.2, 0) is 19.1 Å². The van der Waals surface area contributed by atoms with Crippen LogP contribution in [0.2, 0.25) is 0 Å². The molecule has 0 aromatic rings. The van der Waals surface area contributed by atoms with Gasteiger partial charge in [0.1, 0.15) is 16.9 Å². The van der Waals surface area contributed by atoms with E-state index in [1.807, 2.05) is 0 Å². The summed E-state index contributed by atoms with van der Waals surface area (Å²) in [6, 6.07) is 0. The van der Waals surface area contributed by atoms with Crippen LogP contribution >= 0.6 is 25.3 Å². The molecule has 1 rings (SSSR count). The second-order valence-electron chi connectivity index (χ2n) is 6.19. The van der Waals surface area contributed by atoms with Gasteiger partial charge in [-0.1, -0.05) is 13.8 Å². The summed E-state index contributed by atoms with van der Waals surface area (Å²) < 4.78 is 9.90. The Hall–Kier alpha value is -0.400. The Balaban J connectivity index is 2.70. The second-order valence-corrected chi connectivity index (χ2v) is 8.02. The molecule has 7 heteroatoms. The fourth-order valence-electron chi connectivity index (χ4n) is 2.83. The van der Waals surface area contributed by atoms with Gasteiger partial charge >= 0.3 is 11.9 Å². The molecule has 0 bridgehead atoms. The van der Waals surface area contributed by atoms with Gasteiger partial charge in [0.25, 0.3) is 0 Å². The quantitative estimate of drug-likeness (QED) is 0.439. The number of likely N-dealkylation sites (tertiary alicyclic amines) is 1. The zero-order chi connectivity index (χ0) is 17.0. The molecule has 0 saturated carbocycles. The van der Waals surface area contributed by atoms with E-state index in [0.29, 0.717) is 38.8 Å². The van der Waals surface area contributed by atoms with Crippen LogP contribution in [0, 0.1) is 0 Å². The maximum atomic E-state index is 11.5. The van der Waals surface area contributed by atoms with Gasteiger partial charge in [-0.3, -0.25) is 14.5 Å². The standard InChI is InChI=1S/C15H27NO4S2/c1-5-12(17)19-8-7-16-14(3,4)9-11(10-15(16,21)22)20-13(18)6-2/h11,21-22H,5-10H2,1-4H3. The highest BCUT2D eigenvalue weighted by Crippen LogP contribution is 2.44. The van der Waals surface area contributed by atoms with E-state index in [0.717, 1.165) is 0 Å². The second kappa shape index (κ2) is 7.93. The molecule has 0 aromatic carbocycles. The first-order chi connectivity index (χ1) is 10.1.